The van der Waals surface area contributed by atoms with Crippen molar-refractivity contribution in [2.75, 3.05) is 12.3 Å². The van der Waals surface area contributed by atoms with E-state index in [1.807, 2.05) is 13.8 Å². The minimum Gasteiger partial charge on any atom is -0.399 e. The molecular weight excluding hydrogens is 320 g/mol. The van der Waals surface area contributed by atoms with E-state index in [0.717, 1.165) is 0 Å². The molecule has 5 nitrogen and oxygen atoms in total. The number of nitrogen functional groups attached to an aromatic ring is 1. The van der Waals surface area contributed by atoms with Gasteiger partial charge in [0.05, 0.1) is 11.5 Å². The van der Waals surface area contributed by atoms with Crippen molar-refractivity contribution in [2.45, 2.75) is 24.8 Å². The van der Waals surface area contributed by atoms with Crippen LogP contribution in [-0.2, 0) is 10.0 Å². The summed E-state index contributed by atoms with van der Waals surface area (Å²) in [6.07, 6.45) is 0. The van der Waals surface area contributed by atoms with Crippen LogP contribution in [0.1, 0.15) is 13.8 Å². The fourth-order valence-electron chi connectivity index (χ4n) is 1.38. The molecule has 0 aliphatic heterocycles. The normalized spacial score (nSPS) is 13.8. The quantitative estimate of drug-likeness (QED) is 0.707. The van der Waals surface area contributed by atoms with E-state index in [4.69, 9.17) is 10.8 Å². The molecule has 0 radical (unpaired) electrons. The highest BCUT2D eigenvalue weighted by Gasteiger charge is 2.23. The third-order valence-corrected chi connectivity index (χ3v) is 5.02. The van der Waals surface area contributed by atoms with Gasteiger partial charge in [-0.25, -0.2) is 13.1 Å². The largest absolute Gasteiger partial charge is 0.399 e. The zero-order valence-corrected chi connectivity index (χ0v) is 12.6. The number of hydrogen-bond acceptors (Lipinski definition) is 4. The van der Waals surface area contributed by atoms with Gasteiger partial charge >= 0.3 is 0 Å². The van der Waals surface area contributed by atoms with Gasteiger partial charge in [-0.15, -0.1) is 0 Å². The molecule has 1 rings (SSSR count). The molecule has 0 fully saturated rings. The van der Waals surface area contributed by atoms with E-state index in [1.54, 1.807) is 0 Å². The van der Waals surface area contributed by atoms with Gasteiger partial charge in [-0.3, -0.25) is 0 Å². The minimum absolute atomic E-state index is 0.00247. The van der Waals surface area contributed by atoms with Crippen LogP contribution in [0.15, 0.2) is 27.6 Å². The summed E-state index contributed by atoms with van der Waals surface area (Å²) in [5.41, 5.74) is 6.04. The van der Waals surface area contributed by atoms with Crippen LogP contribution in [0.3, 0.4) is 0 Å². The van der Waals surface area contributed by atoms with Crippen molar-refractivity contribution in [3.63, 3.8) is 0 Å². The van der Waals surface area contributed by atoms with Gasteiger partial charge in [-0.05, 0) is 40.0 Å². The Balaban J connectivity index is 3.06. The summed E-state index contributed by atoms with van der Waals surface area (Å²) in [6, 6.07) is 3.95. The predicted molar refractivity (Wildman–Crippen MR) is 74.6 cm³/mol. The standard InChI is InChI=1S/C11H17BrN2O3S/c1-7(2)10(6-15)14-18(16,17)11-4-3-8(13)5-9(11)12/h3-5,7,10,14-15H,6,13H2,1-2H3. The number of nitrogens with two attached hydrogens (primary N) is 1. The fraction of sp³-hybridized carbons (Fsp3) is 0.455. The van der Waals surface area contributed by atoms with E-state index in [9.17, 15) is 8.42 Å². The Labute approximate surface area is 116 Å². The molecule has 7 heteroatoms. The number of aliphatic hydroxyl groups excluding tert-OH is 1. The van der Waals surface area contributed by atoms with Crippen LogP contribution in [0.2, 0.25) is 0 Å². The van der Waals surface area contributed by atoms with Crippen molar-refractivity contribution in [3.05, 3.63) is 22.7 Å². The molecule has 1 unspecified atom stereocenters. The zero-order chi connectivity index (χ0) is 13.9. The molecule has 0 saturated heterocycles. The number of sulfonamides is 1. The van der Waals surface area contributed by atoms with Gasteiger partial charge in [0.1, 0.15) is 0 Å². The average molecular weight is 337 g/mol. The first kappa shape index (κ1) is 15.4. The smallest absolute Gasteiger partial charge is 0.242 e. The number of rotatable bonds is 5. The van der Waals surface area contributed by atoms with Gasteiger partial charge in [0, 0.05) is 16.2 Å². The molecule has 1 aromatic rings. The first-order valence-electron chi connectivity index (χ1n) is 5.46. The molecule has 0 aromatic heterocycles. The van der Waals surface area contributed by atoms with Crippen molar-refractivity contribution < 1.29 is 13.5 Å². The topological polar surface area (TPSA) is 92.4 Å². The van der Waals surface area contributed by atoms with Gasteiger partial charge in [-0.1, -0.05) is 13.8 Å². The molecule has 0 bridgehead atoms. The molecule has 0 amide bonds. The van der Waals surface area contributed by atoms with Crippen LogP contribution < -0.4 is 10.5 Å². The van der Waals surface area contributed by atoms with Gasteiger partial charge in [0.15, 0.2) is 0 Å². The van der Waals surface area contributed by atoms with Crippen molar-refractivity contribution in [2.24, 2.45) is 5.92 Å². The molecule has 0 saturated carbocycles. The lowest BCUT2D eigenvalue weighted by Gasteiger charge is -2.20. The third kappa shape index (κ3) is 3.68. The minimum atomic E-state index is -3.68. The number of hydrogen-bond donors (Lipinski definition) is 3. The Kier molecular flexibility index (Phi) is 5.15. The van der Waals surface area contributed by atoms with E-state index in [1.165, 1.54) is 18.2 Å². The molecule has 1 aromatic carbocycles. The van der Waals surface area contributed by atoms with Crippen LogP contribution in [-0.4, -0.2) is 26.2 Å². The Morgan fingerprint density at radius 3 is 2.50 bits per heavy atom. The van der Waals surface area contributed by atoms with E-state index >= 15 is 0 Å². The van der Waals surface area contributed by atoms with E-state index in [-0.39, 0.29) is 17.4 Å². The average Bonchev–Trinajstić information content (AvgIpc) is 2.24. The van der Waals surface area contributed by atoms with Gasteiger partial charge < -0.3 is 10.8 Å². The van der Waals surface area contributed by atoms with Crippen molar-refractivity contribution >= 4 is 31.6 Å². The molecule has 0 aliphatic rings. The van der Waals surface area contributed by atoms with E-state index < -0.39 is 16.1 Å². The molecular formula is C11H17BrN2O3S. The molecule has 1 atom stereocenters. The van der Waals surface area contributed by atoms with Crippen molar-refractivity contribution in [3.8, 4) is 0 Å². The fourth-order valence-corrected chi connectivity index (χ4v) is 3.85. The monoisotopic (exact) mass is 336 g/mol. The summed E-state index contributed by atoms with van der Waals surface area (Å²) in [4.78, 5) is 0.107. The van der Waals surface area contributed by atoms with E-state index in [2.05, 4.69) is 20.7 Å². The second-order valence-corrected chi connectivity index (χ2v) is 6.88. The predicted octanol–water partition coefficient (Wildman–Crippen LogP) is 1.33. The summed E-state index contributed by atoms with van der Waals surface area (Å²) in [5, 5.41) is 9.16. The maximum absolute atomic E-state index is 12.1. The molecule has 18 heavy (non-hydrogen) atoms. The van der Waals surface area contributed by atoms with Crippen LogP contribution >= 0.6 is 15.9 Å². The van der Waals surface area contributed by atoms with Crippen LogP contribution in [0.4, 0.5) is 5.69 Å². The van der Waals surface area contributed by atoms with Crippen LogP contribution in [0.5, 0.6) is 0 Å². The Morgan fingerprint density at radius 2 is 2.06 bits per heavy atom. The number of anilines is 1. The molecule has 102 valence electrons. The second kappa shape index (κ2) is 6.01. The van der Waals surface area contributed by atoms with Crippen molar-refractivity contribution in [1.82, 2.24) is 4.72 Å². The SMILES string of the molecule is CC(C)C(CO)NS(=O)(=O)c1ccc(N)cc1Br. The number of aliphatic hydroxyl groups is 1. The second-order valence-electron chi connectivity index (χ2n) is 4.34. The zero-order valence-electron chi connectivity index (χ0n) is 10.2. The lowest BCUT2D eigenvalue weighted by Crippen LogP contribution is -2.41. The highest BCUT2D eigenvalue weighted by molar-refractivity contribution is 9.10. The molecule has 0 spiro atoms. The van der Waals surface area contributed by atoms with Gasteiger partial charge in [0.25, 0.3) is 0 Å². The summed E-state index contributed by atoms with van der Waals surface area (Å²) in [5.74, 6) is -0.00247. The summed E-state index contributed by atoms with van der Waals surface area (Å²) < 4.78 is 27.2. The summed E-state index contributed by atoms with van der Waals surface area (Å²) in [7, 11) is -3.68. The lowest BCUT2D eigenvalue weighted by atomic mass is 10.1. The van der Waals surface area contributed by atoms with E-state index in [0.29, 0.717) is 10.2 Å². The number of benzene rings is 1. The Bertz CT molecular complexity index is 517. The highest BCUT2D eigenvalue weighted by Crippen LogP contribution is 2.24. The Morgan fingerprint density at radius 1 is 1.44 bits per heavy atom. The molecule has 4 N–H and O–H groups in total. The lowest BCUT2D eigenvalue weighted by molar-refractivity contribution is 0.227. The number of halogens is 1. The van der Waals surface area contributed by atoms with Gasteiger partial charge in [-0.2, -0.15) is 0 Å². The number of nitrogens with one attached hydrogen (secondary N) is 1. The summed E-state index contributed by atoms with van der Waals surface area (Å²) in [6.45, 7) is 3.42. The highest BCUT2D eigenvalue weighted by atomic mass is 79.9. The van der Waals surface area contributed by atoms with Gasteiger partial charge in [0.2, 0.25) is 10.0 Å². The van der Waals surface area contributed by atoms with Crippen molar-refractivity contribution in [1.29, 1.82) is 0 Å². The molecule has 0 aliphatic carbocycles. The first-order chi connectivity index (χ1) is 8.27. The summed E-state index contributed by atoms with van der Waals surface area (Å²) >= 11 is 3.17. The maximum atomic E-state index is 12.1. The third-order valence-electron chi connectivity index (χ3n) is 2.55. The van der Waals surface area contributed by atoms with Crippen LogP contribution in [0.25, 0.3) is 0 Å². The molecule has 0 heterocycles. The Hall–Kier alpha value is -0.630. The first-order valence-corrected chi connectivity index (χ1v) is 7.73. The maximum Gasteiger partial charge on any atom is 0.242 e. The van der Waals surface area contributed by atoms with Crippen LogP contribution in [0, 0.1) is 5.92 Å².